The molecule has 0 unspecified atom stereocenters. The monoisotopic (exact) mass is 137 g/mol. The van der Waals surface area contributed by atoms with Crippen molar-refractivity contribution in [1.82, 2.24) is 0 Å². The van der Waals surface area contributed by atoms with Crippen LogP contribution in [-0.2, 0) is 0 Å². The molecule has 0 amide bonds. The molecule has 3 nitrogen and oxygen atoms in total. The van der Waals surface area contributed by atoms with Gasteiger partial charge in [0.25, 0.3) is 0 Å². The molecule has 0 saturated heterocycles. The van der Waals surface area contributed by atoms with Crippen molar-refractivity contribution in [3.8, 4) is 0 Å². The summed E-state index contributed by atoms with van der Waals surface area (Å²) in [4.78, 5) is 0.303. The molecule has 0 aliphatic rings. The molecule has 0 atom stereocenters. The minimum Gasteiger partial charge on any atom is -0.325 e. The van der Waals surface area contributed by atoms with E-state index < -0.39 is 10.6 Å². The van der Waals surface area contributed by atoms with Crippen LogP contribution in [-0.4, -0.2) is 21.9 Å². The van der Waals surface area contributed by atoms with Gasteiger partial charge in [0.05, 0.1) is 0 Å². The molecule has 0 rings (SSSR count). The maximum Gasteiger partial charge on any atom is 0.0419 e. The first-order valence-electron chi connectivity index (χ1n) is 2.09. The molecule has 0 fully saturated rings. The summed E-state index contributed by atoms with van der Waals surface area (Å²) in [5, 5.41) is 0. The Morgan fingerprint density at radius 1 is 1.75 bits per heavy atom. The SMILES string of the molecule is C=C(CN)S(C)(O)O. The van der Waals surface area contributed by atoms with E-state index in [0.717, 1.165) is 0 Å². The second-order valence-corrected chi connectivity index (χ2v) is 3.82. The molecular weight excluding hydrogens is 126 g/mol. The van der Waals surface area contributed by atoms with Crippen molar-refractivity contribution < 1.29 is 9.11 Å². The van der Waals surface area contributed by atoms with Crippen LogP contribution in [0.4, 0.5) is 0 Å². The fourth-order valence-corrected chi connectivity index (χ4v) is 0.474. The highest BCUT2D eigenvalue weighted by Crippen LogP contribution is 2.41. The lowest BCUT2D eigenvalue weighted by molar-refractivity contribution is 0.503. The Morgan fingerprint density at radius 2 is 2.12 bits per heavy atom. The molecule has 0 radical (unpaired) electrons. The molecule has 0 saturated carbocycles. The largest absolute Gasteiger partial charge is 0.325 e. The topological polar surface area (TPSA) is 66.5 Å². The van der Waals surface area contributed by atoms with Crippen molar-refractivity contribution in [3.05, 3.63) is 11.5 Å². The van der Waals surface area contributed by atoms with Crippen LogP contribution < -0.4 is 5.73 Å². The van der Waals surface area contributed by atoms with Gasteiger partial charge >= 0.3 is 0 Å². The molecule has 4 N–H and O–H groups in total. The zero-order valence-corrected chi connectivity index (χ0v) is 5.61. The maximum atomic E-state index is 8.75. The maximum absolute atomic E-state index is 8.75. The van der Waals surface area contributed by atoms with E-state index in [0.29, 0.717) is 4.91 Å². The minimum absolute atomic E-state index is 0.138. The van der Waals surface area contributed by atoms with Crippen LogP contribution in [0.15, 0.2) is 11.5 Å². The molecule has 0 aromatic rings. The van der Waals surface area contributed by atoms with E-state index in [4.69, 9.17) is 14.8 Å². The summed E-state index contributed by atoms with van der Waals surface area (Å²) in [7, 11) is -2.57. The van der Waals surface area contributed by atoms with E-state index in [1.807, 2.05) is 0 Å². The van der Waals surface area contributed by atoms with Crippen LogP contribution in [0.5, 0.6) is 0 Å². The van der Waals surface area contributed by atoms with Gasteiger partial charge in [-0.05, 0) is 0 Å². The van der Waals surface area contributed by atoms with E-state index in [1.165, 1.54) is 6.26 Å². The Balaban J connectivity index is 3.82. The first-order chi connectivity index (χ1) is 3.48. The van der Waals surface area contributed by atoms with Crippen LogP contribution in [0.25, 0.3) is 0 Å². The third-order valence-corrected chi connectivity index (χ3v) is 2.03. The second-order valence-electron chi connectivity index (χ2n) is 1.58. The van der Waals surface area contributed by atoms with Crippen molar-refractivity contribution >= 4 is 10.6 Å². The van der Waals surface area contributed by atoms with Crippen molar-refractivity contribution in [2.75, 3.05) is 12.8 Å². The van der Waals surface area contributed by atoms with Crippen LogP contribution >= 0.6 is 10.6 Å². The summed E-state index contributed by atoms with van der Waals surface area (Å²) in [5.41, 5.74) is 5.06. The Morgan fingerprint density at radius 3 is 2.12 bits per heavy atom. The minimum atomic E-state index is -2.57. The summed E-state index contributed by atoms with van der Waals surface area (Å²) in [5.74, 6) is 0. The lowest BCUT2D eigenvalue weighted by atomic mass is 10.7. The van der Waals surface area contributed by atoms with Gasteiger partial charge in [-0.15, -0.1) is 0 Å². The summed E-state index contributed by atoms with van der Waals surface area (Å²) >= 11 is 0. The van der Waals surface area contributed by atoms with E-state index in [9.17, 15) is 0 Å². The van der Waals surface area contributed by atoms with Gasteiger partial charge in [0.15, 0.2) is 0 Å². The highest BCUT2D eigenvalue weighted by molar-refractivity contribution is 8.27. The van der Waals surface area contributed by atoms with E-state index in [-0.39, 0.29) is 6.54 Å². The Hall–Kier alpha value is -0.0300. The molecule has 8 heavy (non-hydrogen) atoms. The van der Waals surface area contributed by atoms with Gasteiger partial charge in [0, 0.05) is 17.7 Å². The van der Waals surface area contributed by atoms with Gasteiger partial charge in [-0.25, -0.2) is 0 Å². The quantitative estimate of drug-likeness (QED) is 0.528. The highest BCUT2D eigenvalue weighted by Gasteiger charge is 2.05. The molecule has 0 heterocycles. The van der Waals surface area contributed by atoms with Crippen LogP contribution in [0, 0.1) is 0 Å². The fourth-order valence-electron chi connectivity index (χ4n) is 0.158. The third-order valence-electron chi connectivity index (χ3n) is 0.775. The summed E-state index contributed by atoms with van der Waals surface area (Å²) in [6.07, 6.45) is 1.31. The number of hydrogen-bond acceptors (Lipinski definition) is 3. The van der Waals surface area contributed by atoms with Crippen molar-refractivity contribution in [1.29, 1.82) is 0 Å². The summed E-state index contributed by atoms with van der Waals surface area (Å²) in [6.45, 7) is 3.49. The first kappa shape index (κ1) is 7.97. The molecule has 0 aromatic carbocycles. The summed E-state index contributed by atoms with van der Waals surface area (Å²) in [6, 6.07) is 0. The van der Waals surface area contributed by atoms with Crippen LogP contribution in [0.3, 0.4) is 0 Å². The predicted molar refractivity (Wildman–Crippen MR) is 37.0 cm³/mol. The van der Waals surface area contributed by atoms with Crippen molar-refractivity contribution in [2.24, 2.45) is 5.73 Å². The average molecular weight is 137 g/mol. The van der Waals surface area contributed by atoms with Gasteiger partial charge in [-0.2, -0.15) is 10.6 Å². The van der Waals surface area contributed by atoms with Gasteiger partial charge in [-0.3, -0.25) is 9.11 Å². The zero-order chi connectivity index (χ0) is 6.78. The van der Waals surface area contributed by atoms with E-state index >= 15 is 0 Å². The molecule has 0 spiro atoms. The van der Waals surface area contributed by atoms with Crippen molar-refractivity contribution in [3.63, 3.8) is 0 Å². The number of nitrogens with two attached hydrogens (primary N) is 1. The predicted octanol–water partition coefficient (Wildman–Crippen LogP) is 0.839. The van der Waals surface area contributed by atoms with Gasteiger partial charge < -0.3 is 5.73 Å². The molecule has 0 bridgehead atoms. The molecule has 0 aromatic heterocycles. The molecule has 4 heteroatoms. The number of hydrogen-bond donors (Lipinski definition) is 3. The standard InChI is InChI=1S/C4H11NO2S/c1-4(3-5)8(2,6)7/h6-7H,1,3,5H2,2H3. The number of rotatable bonds is 2. The third kappa shape index (κ3) is 2.32. The first-order valence-corrected chi connectivity index (χ1v) is 4.05. The Labute approximate surface area is 50.6 Å². The van der Waals surface area contributed by atoms with Crippen molar-refractivity contribution in [2.45, 2.75) is 0 Å². The molecule has 50 valence electrons. The van der Waals surface area contributed by atoms with Crippen LogP contribution in [0.2, 0.25) is 0 Å². The lowest BCUT2D eigenvalue weighted by Gasteiger charge is -2.27. The van der Waals surface area contributed by atoms with Crippen LogP contribution in [0.1, 0.15) is 0 Å². The van der Waals surface area contributed by atoms with E-state index in [2.05, 4.69) is 6.58 Å². The lowest BCUT2D eigenvalue weighted by Crippen LogP contribution is -2.08. The van der Waals surface area contributed by atoms with Gasteiger partial charge in [0.1, 0.15) is 0 Å². The van der Waals surface area contributed by atoms with Gasteiger partial charge in [0.2, 0.25) is 0 Å². The highest BCUT2D eigenvalue weighted by atomic mass is 32.3. The molecule has 0 aliphatic heterocycles. The molecule has 0 aliphatic carbocycles. The zero-order valence-electron chi connectivity index (χ0n) is 4.79. The average Bonchev–Trinajstić information content (AvgIpc) is 1.62. The molecular formula is C4H11NO2S. The smallest absolute Gasteiger partial charge is 0.0419 e. The fraction of sp³-hybridized carbons (Fsp3) is 0.500. The normalized spacial score (nSPS) is 13.5. The Bertz CT molecular complexity index is 96.7. The second kappa shape index (κ2) is 2.50. The van der Waals surface area contributed by atoms with E-state index in [1.54, 1.807) is 0 Å². The van der Waals surface area contributed by atoms with Gasteiger partial charge in [-0.1, -0.05) is 6.58 Å². The summed E-state index contributed by atoms with van der Waals surface area (Å²) < 4.78 is 17.5. The Kier molecular flexibility index (Phi) is 2.49.